The van der Waals surface area contributed by atoms with E-state index in [1.54, 1.807) is 6.26 Å². The Morgan fingerprint density at radius 2 is 2.10 bits per heavy atom. The third-order valence-corrected chi connectivity index (χ3v) is 3.18. The molecule has 20 heavy (non-hydrogen) atoms. The molecule has 118 valence electrons. The number of carbonyl (C=O) groups is 2. The fraction of sp³-hybridized carbons (Fsp3) is 0.857. The number of carbonyl (C=O) groups excluding carboxylic acids is 2. The van der Waals surface area contributed by atoms with Crippen LogP contribution in [-0.4, -0.2) is 37.7 Å². The van der Waals surface area contributed by atoms with Crippen LogP contribution >= 0.6 is 12.6 Å². The maximum absolute atomic E-state index is 12.1. The first kappa shape index (κ1) is 19.1. The van der Waals surface area contributed by atoms with Gasteiger partial charge in [0.1, 0.15) is 13.2 Å². The van der Waals surface area contributed by atoms with E-state index in [0.717, 1.165) is 12.8 Å². The van der Waals surface area contributed by atoms with Gasteiger partial charge in [0.05, 0.1) is 5.41 Å². The van der Waals surface area contributed by atoms with Gasteiger partial charge in [0.15, 0.2) is 6.10 Å². The van der Waals surface area contributed by atoms with Crippen molar-refractivity contribution in [1.82, 2.24) is 0 Å². The first-order valence-corrected chi connectivity index (χ1v) is 7.72. The molecular weight excluding hydrogens is 280 g/mol. The van der Waals surface area contributed by atoms with Gasteiger partial charge in [0.25, 0.3) is 0 Å². The molecule has 1 heterocycles. The molecule has 1 aliphatic heterocycles. The number of esters is 1. The number of ether oxygens (including phenoxy) is 3. The lowest BCUT2D eigenvalue weighted by Gasteiger charge is -2.28. The molecule has 0 radical (unpaired) electrons. The van der Waals surface area contributed by atoms with Gasteiger partial charge in [-0.1, -0.05) is 20.8 Å². The van der Waals surface area contributed by atoms with E-state index in [1.165, 1.54) is 0 Å². The zero-order valence-corrected chi connectivity index (χ0v) is 13.9. The lowest BCUT2D eigenvalue weighted by Crippen LogP contribution is -2.33. The first-order valence-electron chi connectivity index (χ1n) is 6.82. The molecule has 0 N–H and O–H groups in total. The highest BCUT2D eigenvalue weighted by Crippen LogP contribution is 2.31. The third kappa shape index (κ3) is 6.03. The summed E-state index contributed by atoms with van der Waals surface area (Å²) < 4.78 is 14.7. The van der Waals surface area contributed by atoms with Crippen LogP contribution in [0.15, 0.2) is 0 Å². The molecule has 2 unspecified atom stereocenters. The van der Waals surface area contributed by atoms with Crippen LogP contribution in [0.25, 0.3) is 0 Å². The van der Waals surface area contributed by atoms with Gasteiger partial charge < -0.3 is 14.2 Å². The highest BCUT2D eigenvalue weighted by atomic mass is 32.1. The second-order valence-electron chi connectivity index (χ2n) is 5.41. The van der Waals surface area contributed by atoms with Crippen molar-refractivity contribution in [2.75, 3.05) is 19.5 Å². The lowest BCUT2D eigenvalue weighted by atomic mass is 9.80. The largest absolute Gasteiger partial charge is 0.508 e. The minimum Gasteiger partial charge on any atom is -0.461 e. The van der Waals surface area contributed by atoms with Crippen molar-refractivity contribution in [2.24, 2.45) is 11.3 Å². The summed E-state index contributed by atoms with van der Waals surface area (Å²) >= 11 is 3.53. The molecule has 6 heteroatoms. The summed E-state index contributed by atoms with van der Waals surface area (Å²) in [5, 5.41) is 0. The predicted molar refractivity (Wildman–Crippen MR) is 79.9 cm³/mol. The standard InChI is InChI=1S/C13H22O5.CH4S/c1-5-13(4,6-9(2)3)11(14)16-7-10-8-17-12(15)18-10;1-2/h9-10H,5-8H2,1-4H3;2H,1H3. The average Bonchev–Trinajstić information content (AvgIpc) is 2.83. The van der Waals surface area contributed by atoms with Gasteiger partial charge in [-0.15, -0.1) is 0 Å². The van der Waals surface area contributed by atoms with Crippen LogP contribution in [0, 0.1) is 11.3 Å². The van der Waals surface area contributed by atoms with Gasteiger partial charge >= 0.3 is 12.1 Å². The van der Waals surface area contributed by atoms with E-state index in [2.05, 4.69) is 31.2 Å². The molecule has 0 saturated carbocycles. The second kappa shape index (κ2) is 9.10. The van der Waals surface area contributed by atoms with Crippen LogP contribution in [-0.2, 0) is 19.0 Å². The van der Waals surface area contributed by atoms with E-state index in [0.29, 0.717) is 5.92 Å². The zero-order valence-electron chi connectivity index (χ0n) is 13.0. The molecule has 0 spiro atoms. The first-order chi connectivity index (χ1) is 9.37. The third-order valence-electron chi connectivity index (χ3n) is 3.18. The predicted octanol–water partition coefficient (Wildman–Crippen LogP) is 3.07. The zero-order chi connectivity index (χ0) is 15.8. The molecule has 1 saturated heterocycles. The van der Waals surface area contributed by atoms with Crippen LogP contribution < -0.4 is 0 Å². The van der Waals surface area contributed by atoms with E-state index in [1.807, 2.05) is 13.8 Å². The van der Waals surface area contributed by atoms with Gasteiger partial charge in [-0.05, 0) is 31.9 Å². The van der Waals surface area contributed by atoms with Gasteiger partial charge in [-0.3, -0.25) is 4.79 Å². The maximum atomic E-state index is 12.1. The van der Waals surface area contributed by atoms with E-state index < -0.39 is 17.7 Å². The summed E-state index contributed by atoms with van der Waals surface area (Å²) in [4.78, 5) is 22.8. The Labute approximate surface area is 126 Å². The number of rotatable bonds is 6. The second-order valence-corrected chi connectivity index (χ2v) is 5.41. The molecule has 2 atom stereocenters. The minimum absolute atomic E-state index is 0.0677. The summed E-state index contributed by atoms with van der Waals surface area (Å²) in [6.07, 6.45) is 2.03. The van der Waals surface area contributed by atoms with E-state index in [-0.39, 0.29) is 19.2 Å². The summed E-state index contributed by atoms with van der Waals surface area (Å²) in [6.45, 7) is 8.26. The highest BCUT2D eigenvalue weighted by molar-refractivity contribution is 7.79. The van der Waals surface area contributed by atoms with Crippen LogP contribution in [0.1, 0.15) is 40.5 Å². The van der Waals surface area contributed by atoms with Gasteiger partial charge in [0.2, 0.25) is 0 Å². The minimum atomic E-state index is -0.698. The monoisotopic (exact) mass is 306 g/mol. The molecular formula is C14H26O5S. The SMILES string of the molecule is CCC(C)(CC(C)C)C(=O)OCC1COC(=O)O1.CS. The summed E-state index contributed by atoms with van der Waals surface area (Å²) in [5.41, 5.74) is -0.475. The van der Waals surface area contributed by atoms with E-state index in [4.69, 9.17) is 9.47 Å². The van der Waals surface area contributed by atoms with Crippen molar-refractivity contribution in [1.29, 1.82) is 0 Å². The molecule has 1 rings (SSSR count). The number of hydrogen-bond acceptors (Lipinski definition) is 6. The molecule has 1 aliphatic rings. The Balaban J connectivity index is 0.00000172. The van der Waals surface area contributed by atoms with Gasteiger partial charge in [-0.2, -0.15) is 12.6 Å². The van der Waals surface area contributed by atoms with Crippen molar-refractivity contribution in [3.05, 3.63) is 0 Å². The van der Waals surface area contributed by atoms with Crippen molar-refractivity contribution < 1.29 is 23.8 Å². The van der Waals surface area contributed by atoms with E-state index >= 15 is 0 Å². The molecule has 0 aliphatic carbocycles. The lowest BCUT2D eigenvalue weighted by molar-refractivity contribution is -0.158. The molecule has 0 aromatic rings. The van der Waals surface area contributed by atoms with Crippen LogP contribution in [0.4, 0.5) is 4.79 Å². The van der Waals surface area contributed by atoms with Crippen LogP contribution in [0.2, 0.25) is 0 Å². The quantitative estimate of drug-likeness (QED) is 0.603. The summed E-state index contributed by atoms with van der Waals surface area (Å²) in [7, 11) is 0. The summed E-state index contributed by atoms with van der Waals surface area (Å²) in [5.74, 6) is 0.191. The highest BCUT2D eigenvalue weighted by Gasteiger charge is 2.35. The van der Waals surface area contributed by atoms with Crippen LogP contribution in [0.5, 0.6) is 0 Å². The molecule has 0 amide bonds. The molecule has 1 fully saturated rings. The normalized spacial score (nSPS) is 20.4. The number of hydrogen-bond donors (Lipinski definition) is 1. The van der Waals surface area contributed by atoms with E-state index in [9.17, 15) is 9.59 Å². The van der Waals surface area contributed by atoms with Gasteiger partial charge in [-0.25, -0.2) is 4.79 Å². The molecule has 0 aromatic carbocycles. The fourth-order valence-electron chi connectivity index (χ4n) is 2.06. The van der Waals surface area contributed by atoms with Crippen molar-refractivity contribution in [2.45, 2.75) is 46.6 Å². The molecule has 5 nitrogen and oxygen atoms in total. The Morgan fingerprint density at radius 3 is 2.50 bits per heavy atom. The Hall–Kier alpha value is -0.910. The maximum Gasteiger partial charge on any atom is 0.508 e. The smallest absolute Gasteiger partial charge is 0.461 e. The molecule has 0 bridgehead atoms. The van der Waals surface area contributed by atoms with Crippen LogP contribution in [0.3, 0.4) is 0 Å². The molecule has 0 aromatic heterocycles. The van der Waals surface area contributed by atoms with Crippen molar-refractivity contribution in [3.8, 4) is 0 Å². The number of thiol groups is 1. The van der Waals surface area contributed by atoms with Gasteiger partial charge in [0, 0.05) is 0 Å². The Morgan fingerprint density at radius 1 is 1.50 bits per heavy atom. The Kier molecular flexibility index (Phi) is 8.69. The number of cyclic esters (lactones) is 2. The summed E-state index contributed by atoms with van der Waals surface area (Å²) in [6, 6.07) is 0. The fourth-order valence-corrected chi connectivity index (χ4v) is 2.06. The van der Waals surface area contributed by atoms with Crippen molar-refractivity contribution in [3.63, 3.8) is 0 Å². The average molecular weight is 306 g/mol. The topological polar surface area (TPSA) is 61.8 Å². The Bertz CT molecular complexity index is 319. The van der Waals surface area contributed by atoms with Crippen molar-refractivity contribution >= 4 is 24.8 Å².